The van der Waals surface area contributed by atoms with Gasteiger partial charge in [-0.05, 0) is 25.5 Å². The molecule has 1 aliphatic carbocycles. The first-order chi connectivity index (χ1) is 7.37. The maximum atomic E-state index is 13.0. The van der Waals surface area contributed by atoms with Crippen LogP contribution in [0, 0.1) is 12.3 Å². The lowest BCUT2D eigenvalue weighted by Crippen LogP contribution is -2.27. The number of rotatable bonds is 2. The first kappa shape index (κ1) is 11.0. The monoisotopic (exact) mass is 226 g/mol. The maximum absolute atomic E-state index is 13.0. The molecule has 1 amide bonds. The van der Waals surface area contributed by atoms with Crippen molar-refractivity contribution >= 4 is 11.6 Å². The molecule has 1 fully saturated rings. The van der Waals surface area contributed by atoms with Crippen molar-refractivity contribution in [2.24, 2.45) is 5.41 Å². The summed E-state index contributed by atoms with van der Waals surface area (Å²) in [4.78, 5) is 15.5. The SMILES string of the molecule is Cc1ccncc1NC(=O)C1(C)CC1(F)F. The molecular weight excluding hydrogens is 214 g/mol. The van der Waals surface area contributed by atoms with Crippen molar-refractivity contribution < 1.29 is 13.6 Å². The topological polar surface area (TPSA) is 42.0 Å². The predicted molar refractivity (Wildman–Crippen MR) is 55.3 cm³/mol. The van der Waals surface area contributed by atoms with Gasteiger partial charge < -0.3 is 5.32 Å². The molecule has 0 radical (unpaired) electrons. The van der Waals surface area contributed by atoms with E-state index in [1.165, 1.54) is 13.1 Å². The molecule has 2 rings (SSSR count). The van der Waals surface area contributed by atoms with E-state index in [0.717, 1.165) is 5.56 Å². The standard InChI is InChI=1S/C11H12F2N2O/c1-7-3-4-14-5-8(7)15-9(16)10(2)6-11(10,12)13/h3-5H,6H2,1-2H3,(H,15,16). The first-order valence-electron chi connectivity index (χ1n) is 4.97. The fourth-order valence-corrected chi connectivity index (χ4v) is 1.50. The van der Waals surface area contributed by atoms with Crippen LogP contribution >= 0.6 is 0 Å². The average Bonchev–Trinajstić information content (AvgIpc) is 2.71. The Balaban J connectivity index is 2.13. The number of nitrogens with one attached hydrogen (secondary N) is 1. The Kier molecular flexibility index (Phi) is 2.22. The molecule has 1 N–H and O–H groups in total. The molecule has 0 bridgehead atoms. The Morgan fingerprint density at radius 3 is 2.69 bits per heavy atom. The minimum atomic E-state index is -2.88. The second-order valence-corrected chi connectivity index (χ2v) is 4.36. The maximum Gasteiger partial charge on any atom is 0.263 e. The van der Waals surface area contributed by atoms with Gasteiger partial charge >= 0.3 is 0 Å². The van der Waals surface area contributed by atoms with E-state index in [4.69, 9.17) is 0 Å². The quantitative estimate of drug-likeness (QED) is 0.841. The molecule has 1 aliphatic rings. The summed E-state index contributed by atoms with van der Waals surface area (Å²) < 4.78 is 25.9. The summed E-state index contributed by atoms with van der Waals surface area (Å²) in [7, 11) is 0. The van der Waals surface area contributed by atoms with Gasteiger partial charge in [0.1, 0.15) is 5.41 Å². The van der Waals surface area contributed by atoms with Crippen LogP contribution in [0.3, 0.4) is 0 Å². The third kappa shape index (κ3) is 1.56. The number of halogens is 2. The Bertz CT molecular complexity index is 447. The van der Waals surface area contributed by atoms with Gasteiger partial charge in [0, 0.05) is 12.6 Å². The van der Waals surface area contributed by atoms with E-state index in [9.17, 15) is 13.6 Å². The number of anilines is 1. The molecule has 5 heteroatoms. The average molecular weight is 226 g/mol. The summed E-state index contributed by atoms with van der Waals surface area (Å²) in [6.07, 6.45) is 2.65. The highest BCUT2D eigenvalue weighted by Crippen LogP contribution is 2.60. The number of aromatic nitrogens is 1. The van der Waals surface area contributed by atoms with Crippen LogP contribution in [0.1, 0.15) is 18.9 Å². The van der Waals surface area contributed by atoms with Gasteiger partial charge in [-0.15, -0.1) is 0 Å². The summed E-state index contributed by atoms with van der Waals surface area (Å²) in [6.45, 7) is 3.05. The van der Waals surface area contributed by atoms with E-state index in [0.29, 0.717) is 5.69 Å². The smallest absolute Gasteiger partial charge is 0.263 e. The molecule has 1 saturated carbocycles. The summed E-state index contributed by atoms with van der Waals surface area (Å²) >= 11 is 0. The fraction of sp³-hybridized carbons (Fsp3) is 0.455. The van der Waals surface area contributed by atoms with Crippen LogP contribution in [-0.2, 0) is 4.79 Å². The summed E-state index contributed by atoms with van der Waals surface area (Å²) in [5.41, 5.74) is -0.276. The van der Waals surface area contributed by atoms with Crippen LogP contribution in [0.25, 0.3) is 0 Å². The summed E-state index contributed by atoms with van der Waals surface area (Å²) in [6, 6.07) is 1.71. The third-order valence-corrected chi connectivity index (χ3v) is 3.05. The molecule has 1 heterocycles. The second kappa shape index (κ2) is 3.23. The predicted octanol–water partition coefficient (Wildman–Crippen LogP) is 2.37. The first-order valence-corrected chi connectivity index (χ1v) is 4.97. The molecule has 86 valence electrons. The zero-order chi connectivity index (χ0) is 12.0. The van der Waals surface area contributed by atoms with Gasteiger partial charge in [0.2, 0.25) is 5.91 Å². The Morgan fingerprint density at radius 2 is 2.19 bits per heavy atom. The molecule has 0 aliphatic heterocycles. The lowest BCUT2D eigenvalue weighted by Gasteiger charge is -2.12. The number of hydrogen-bond donors (Lipinski definition) is 1. The van der Waals surface area contributed by atoms with Crippen LogP contribution < -0.4 is 5.32 Å². The third-order valence-electron chi connectivity index (χ3n) is 3.05. The van der Waals surface area contributed by atoms with Gasteiger partial charge in [0.25, 0.3) is 5.92 Å². The molecule has 1 atom stereocenters. The Hall–Kier alpha value is -1.52. The zero-order valence-corrected chi connectivity index (χ0v) is 9.05. The molecule has 0 spiro atoms. The normalized spacial score (nSPS) is 26.2. The molecule has 1 aromatic heterocycles. The van der Waals surface area contributed by atoms with Crippen molar-refractivity contribution in [2.75, 3.05) is 5.32 Å². The molecule has 1 aromatic rings. The van der Waals surface area contributed by atoms with Crippen LogP contribution in [0.15, 0.2) is 18.5 Å². The van der Waals surface area contributed by atoms with E-state index in [-0.39, 0.29) is 6.42 Å². The van der Waals surface area contributed by atoms with E-state index < -0.39 is 17.2 Å². The van der Waals surface area contributed by atoms with Crippen molar-refractivity contribution in [2.45, 2.75) is 26.2 Å². The molecule has 0 aromatic carbocycles. The number of pyridine rings is 1. The van der Waals surface area contributed by atoms with Gasteiger partial charge in [-0.3, -0.25) is 9.78 Å². The number of hydrogen-bond acceptors (Lipinski definition) is 2. The van der Waals surface area contributed by atoms with Crippen molar-refractivity contribution in [3.05, 3.63) is 24.0 Å². The van der Waals surface area contributed by atoms with Crippen molar-refractivity contribution in [3.63, 3.8) is 0 Å². The van der Waals surface area contributed by atoms with Gasteiger partial charge in [-0.2, -0.15) is 0 Å². The van der Waals surface area contributed by atoms with Crippen LogP contribution in [0.4, 0.5) is 14.5 Å². The Labute approximate surface area is 91.9 Å². The van der Waals surface area contributed by atoms with Crippen LogP contribution in [-0.4, -0.2) is 16.8 Å². The van der Waals surface area contributed by atoms with Crippen molar-refractivity contribution in [3.8, 4) is 0 Å². The summed E-state index contributed by atoms with van der Waals surface area (Å²) in [5.74, 6) is -3.53. The van der Waals surface area contributed by atoms with Gasteiger partial charge in [0.15, 0.2) is 0 Å². The van der Waals surface area contributed by atoms with Gasteiger partial charge in [0.05, 0.1) is 11.9 Å². The van der Waals surface area contributed by atoms with Gasteiger partial charge in [-0.25, -0.2) is 8.78 Å². The highest BCUT2D eigenvalue weighted by atomic mass is 19.3. The molecule has 1 unspecified atom stereocenters. The molecule has 16 heavy (non-hydrogen) atoms. The zero-order valence-electron chi connectivity index (χ0n) is 9.05. The minimum absolute atomic E-state index is 0.384. The number of aryl methyl sites for hydroxylation is 1. The largest absolute Gasteiger partial charge is 0.324 e. The highest BCUT2D eigenvalue weighted by Gasteiger charge is 2.72. The van der Waals surface area contributed by atoms with E-state index in [2.05, 4.69) is 10.3 Å². The Morgan fingerprint density at radius 1 is 1.56 bits per heavy atom. The van der Waals surface area contributed by atoms with Crippen molar-refractivity contribution in [1.82, 2.24) is 4.98 Å². The van der Waals surface area contributed by atoms with E-state index in [1.54, 1.807) is 19.2 Å². The number of amides is 1. The van der Waals surface area contributed by atoms with Gasteiger partial charge in [-0.1, -0.05) is 0 Å². The number of carbonyl (C=O) groups is 1. The lowest BCUT2D eigenvalue weighted by molar-refractivity contribution is -0.123. The number of carbonyl (C=O) groups excluding carboxylic acids is 1. The van der Waals surface area contributed by atoms with Crippen LogP contribution in [0.5, 0.6) is 0 Å². The summed E-state index contributed by atoms with van der Waals surface area (Å²) in [5, 5.41) is 2.49. The van der Waals surface area contributed by atoms with E-state index >= 15 is 0 Å². The number of alkyl halides is 2. The van der Waals surface area contributed by atoms with E-state index in [1.807, 2.05) is 0 Å². The molecule has 3 nitrogen and oxygen atoms in total. The second-order valence-electron chi connectivity index (χ2n) is 4.36. The van der Waals surface area contributed by atoms with Crippen molar-refractivity contribution in [1.29, 1.82) is 0 Å². The van der Waals surface area contributed by atoms with Crippen LogP contribution in [0.2, 0.25) is 0 Å². The fourth-order valence-electron chi connectivity index (χ4n) is 1.50. The minimum Gasteiger partial charge on any atom is -0.324 e. The molecular formula is C11H12F2N2O. The number of nitrogens with zero attached hydrogens (tertiary/aromatic N) is 1. The highest BCUT2D eigenvalue weighted by molar-refractivity contribution is 5.98. The molecule has 0 saturated heterocycles. The lowest BCUT2D eigenvalue weighted by atomic mass is 10.1.